The summed E-state index contributed by atoms with van der Waals surface area (Å²) in [5, 5.41) is 13.2. The number of hydrogen-bond donors (Lipinski definition) is 2. The molecule has 180 valence electrons. The van der Waals surface area contributed by atoms with Gasteiger partial charge in [-0.25, -0.2) is 0 Å². The van der Waals surface area contributed by atoms with Gasteiger partial charge in [-0.15, -0.1) is 0 Å². The van der Waals surface area contributed by atoms with Crippen LogP contribution in [0.15, 0.2) is 48.5 Å². The van der Waals surface area contributed by atoms with Crippen molar-refractivity contribution < 1.29 is 24.2 Å². The van der Waals surface area contributed by atoms with E-state index in [1.54, 1.807) is 18.1 Å². The van der Waals surface area contributed by atoms with Gasteiger partial charge in [-0.2, -0.15) is 0 Å². The molecule has 2 N–H and O–H groups in total. The first kappa shape index (κ1) is 23.8. The number of aliphatic hydroxyl groups excluding tert-OH is 1. The van der Waals surface area contributed by atoms with E-state index in [-0.39, 0.29) is 36.6 Å². The van der Waals surface area contributed by atoms with Gasteiger partial charge in [0.2, 0.25) is 11.8 Å². The molecular formula is C26H31N3O5. The first-order valence-electron chi connectivity index (χ1n) is 11.6. The van der Waals surface area contributed by atoms with Crippen molar-refractivity contribution >= 4 is 17.7 Å². The minimum atomic E-state index is -0.792. The van der Waals surface area contributed by atoms with Crippen LogP contribution in [0.25, 0.3) is 0 Å². The first-order chi connectivity index (χ1) is 16.3. The molecule has 0 saturated carbocycles. The fourth-order valence-electron chi connectivity index (χ4n) is 4.81. The van der Waals surface area contributed by atoms with E-state index in [1.807, 2.05) is 56.3 Å². The SMILES string of the molecule is COc1ccc(CNC(=O)[C@@H]2C[C@@H](O)CN2C(=O)[C@H](C(C)C)N2Cc3ccccc3C2=O)cc1. The maximum Gasteiger partial charge on any atom is 0.255 e. The molecule has 2 heterocycles. The third-order valence-corrected chi connectivity index (χ3v) is 6.56. The molecule has 2 aliphatic heterocycles. The average Bonchev–Trinajstić information content (AvgIpc) is 3.38. The van der Waals surface area contributed by atoms with Crippen LogP contribution in [0.2, 0.25) is 0 Å². The highest BCUT2D eigenvalue weighted by Gasteiger charge is 2.45. The van der Waals surface area contributed by atoms with Crippen LogP contribution in [0.1, 0.15) is 41.8 Å². The fraction of sp³-hybridized carbons (Fsp3) is 0.423. The standard InChI is InChI=1S/C26H31N3O5/c1-16(2)23(29-14-18-6-4-5-7-21(18)25(29)32)26(33)28-15-19(30)12-22(28)24(31)27-13-17-8-10-20(34-3)11-9-17/h4-11,16,19,22-23,30H,12-15H2,1-3H3,(H,27,31)/t19-,22+,23+/m1/s1. The minimum absolute atomic E-state index is 0.0671. The number of carbonyl (C=O) groups excluding carboxylic acids is 3. The van der Waals surface area contributed by atoms with E-state index in [0.29, 0.717) is 18.7 Å². The number of benzene rings is 2. The molecular weight excluding hydrogens is 434 g/mol. The van der Waals surface area contributed by atoms with E-state index in [0.717, 1.165) is 16.9 Å². The summed E-state index contributed by atoms with van der Waals surface area (Å²) in [6, 6.07) is 13.2. The summed E-state index contributed by atoms with van der Waals surface area (Å²) in [5.74, 6) is -0.241. The molecule has 0 unspecified atom stereocenters. The molecule has 34 heavy (non-hydrogen) atoms. The summed E-state index contributed by atoms with van der Waals surface area (Å²) in [4.78, 5) is 42.8. The second kappa shape index (κ2) is 9.85. The minimum Gasteiger partial charge on any atom is -0.497 e. The van der Waals surface area contributed by atoms with Crippen LogP contribution in [-0.4, -0.2) is 64.5 Å². The molecule has 8 heteroatoms. The number of fused-ring (bicyclic) bond motifs is 1. The molecule has 0 spiro atoms. The Hall–Kier alpha value is -3.39. The number of ether oxygens (including phenoxy) is 1. The van der Waals surface area contributed by atoms with E-state index < -0.39 is 18.2 Å². The number of carbonyl (C=O) groups is 3. The van der Waals surface area contributed by atoms with Crippen molar-refractivity contribution in [1.29, 1.82) is 0 Å². The van der Waals surface area contributed by atoms with Gasteiger partial charge in [0.25, 0.3) is 5.91 Å². The molecule has 3 atom stereocenters. The highest BCUT2D eigenvalue weighted by atomic mass is 16.5. The Morgan fingerprint density at radius 1 is 1.15 bits per heavy atom. The number of rotatable bonds is 7. The van der Waals surface area contributed by atoms with Gasteiger partial charge in [0.1, 0.15) is 17.8 Å². The Kier molecular flexibility index (Phi) is 6.88. The monoisotopic (exact) mass is 465 g/mol. The maximum atomic E-state index is 13.7. The van der Waals surface area contributed by atoms with E-state index in [9.17, 15) is 19.5 Å². The maximum absolute atomic E-state index is 13.7. The number of amides is 3. The number of likely N-dealkylation sites (tertiary alicyclic amines) is 1. The second-order valence-electron chi connectivity index (χ2n) is 9.24. The van der Waals surface area contributed by atoms with Gasteiger partial charge >= 0.3 is 0 Å². The Bertz CT molecular complexity index is 1070. The summed E-state index contributed by atoms with van der Waals surface area (Å²) in [7, 11) is 1.59. The Morgan fingerprint density at radius 3 is 2.50 bits per heavy atom. The van der Waals surface area contributed by atoms with Crippen molar-refractivity contribution in [2.24, 2.45) is 5.92 Å². The average molecular weight is 466 g/mol. The Morgan fingerprint density at radius 2 is 1.85 bits per heavy atom. The highest BCUT2D eigenvalue weighted by Crippen LogP contribution is 2.30. The molecule has 0 radical (unpaired) electrons. The zero-order valence-corrected chi connectivity index (χ0v) is 19.7. The molecule has 2 aromatic carbocycles. The van der Waals surface area contributed by atoms with Gasteiger partial charge in [0.05, 0.1) is 13.2 Å². The van der Waals surface area contributed by atoms with Crippen molar-refractivity contribution in [3.8, 4) is 5.75 Å². The van der Waals surface area contributed by atoms with Crippen LogP contribution < -0.4 is 10.1 Å². The van der Waals surface area contributed by atoms with Crippen LogP contribution in [0.3, 0.4) is 0 Å². The molecule has 4 rings (SSSR count). The first-order valence-corrected chi connectivity index (χ1v) is 11.6. The number of β-amino-alcohol motifs (C(OH)–C–C–N with tert-alkyl or cyclic N) is 1. The molecule has 1 fully saturated rings. The third kappa shape index (κ3) is 4.63. The molecule has 2 aromatic rings. The van der Waals surface area contributed by atoms with Crippen LogP contribution in [0.5, 0.6) is 5.75 Å². The largest absolute Gasteiger partial charge is 0.497 e. The normalized spacial score (nSPS) is 20.4. The van der Waals surface area contributed by atoms with Crippen LogP contribution >= 0.6 is 0 Å². The summed E-state index contributed by atoms with van der Waals surface area (Å²) in [6.07, 6.45) is -0.626. The Balaban J connectivity index is 1.48. The smallest absolute Gasteiger partial charge is 0.255 e. The summed E-state index contributed by atoms with van der Waals surface area (Å²) in [6.45, 7) is 4.51. The molecule has 1 saturated heterocycles. The number of nitrogens with one attached hydrogen (secondary N) is 1. The van der Waals surface area contributed by atoms with E-state index in [2.05, 4.69) is 5.32 Å². The molecule has 0 aromatic heterocycles. The summed E-state index contributed by atoms with van der Waals surface area (Å²) >= 11 is 0. The topological polar surface area (TPSA) is 99.2 Å². The lowest BCUT2D eigenvalue weighted by Gasteiger charge is -2.35. The van der Waals surface area contributed by atoms with Gasteiger partial charge in [0, 0.05) is 31.6 Å². The van der Waals surface area contributed by atoms with Crippen LogP contribution in [0.4, 0.5) is 0 Å². The number of hydrogen-bond acceptors (Lipinski definition) is 5. The lowest BCUT2D eigenvalue weighted by molar-refractivity contribution is -0.143. The van der Waals surface area contributed by atoms with Gasteiger partial charge in [0.15, 0.2) is 0 Å². The lowest BCUT2D eigenvalue weighted by Crippen LogP contribution is -2.55. The van der Waals surface area contributed by atoms with Crippen molar-refractivity contribution in [3.63, 3.8) is 0 Å². The van der Waals surface area contributed by atoms with Gasteiger partial charge < -0.3 is 25.0 Å². The number of aliphatic hydroxyl groups is 1. The predicted molar refractivity (Wildman–Crippen MR) is 126 cm³/mol. The fourth-order valence-corrected chi connectivity index (χ4v) is 4.81. The van der Waals surface area contributed by atoms with Gasteiger partial charge in [-0.3, -0.25) is 14.4 Å². The molecule has 0 aliphatic carbocycles. The van der Waals surface area contributed by atoms with Gasteiger partial charge in [-0.1, -0.05) is 44.2 Å². The molecule has 3 amide bonds. The highest BCUT2D eigenvalue weighted by molar-refractivity contribution is 6.01. The number of methoxy groups -OCH3 is 1. The van der Waals surface area contributed by atoms with E-state index >= 15 is 0 Å². The van der Waals surface area contributed by atoms with E-state index in [4.69, 9.17) is 4.74 Å². The van der Waals surface area contributed by atoms with Crippen LogP contribution in [-0.2, 0) is 22.7 Å². The van der Waals surface area contributed by atoms with Crippen LogP contribution in [0, 0.1) is 5.92 Å². The molecule has 2 aliphatic rings. The zero-order valence-electron chi connectivity index (χ0n) is 19.7. The van der Waals surface area contributed by atoms with Crippen molar-refractivity contribution in [2.75, 3.05) is 13.7 Å². The molecule has 8 nitrogen and oxygen atoms in total. The lowest BCUT2D eigenvalue weighted by atomic mass is 10.0. The summed E-state index contributed by atoms with van der Waals surface area (Å²) < 4.78 is 5.15. The third-order valence-electron chi connectivity index (χ3n) is 6.56. The quantitative estimate of drug-likeness (QED) is 0.651. The Labute approximate surface area is 199 Å². The summed E-state index contributed by atoms with van der Waals surface area (Å²) in [5.41, 5.74) is 2.39. The van der Waals surface area contributed by atoms with Crippen molar-refractivity contribution in [1.82, 2.24) is 15.1 Å². The van der Waals surface area contributed by atoms with Gasteiger partial charge in [-0.05, 0) is 35.2 Å². The zero-order chi connectivity index (χ0) is 24.4. The number of nitrogens with zero attached hydrogens (tertiary/aromatic N) is 2. The second-order valence-corrected chi connectivity index (χ2v) is 9.24. The predicted octanol–water partition coefficient (Wildman–Crippen LogP) is 1.95. The van der Waals surface area contributed by atoms with Crippen molar-refractivity contribution in [2.45, 2.75) is 51.5 Å². The van der Waals surface area contributed by atoms with Crippen molar-refractivity contribution in [3.05, 3.63) is 65.2 Å². The molecule has 0 bridgehead atoms. The van der Waals surface area contributed by atoms with E-state index in [1.165, 1.54) is 4.90 Å².